The minimum absolute atomic E-state index is 0.281. The van der Waals surface area contributed by atoms with Crippen LogP contribution >= 0.6 is 0 Å². The van der Waals surface area contributed by atoms with Crippen LogP contribution in [0.2, 0.25) is 0 Å². The lowest BCUT2D eigenvalue weighted by Crippen LogP contribution is -2.35. The summed E-state index contributed by atoms with van der Waals surface area (Å²) in [5.74, 6) is 0.868. The van der Waals surface area contributed by atoms with Gasteiger partial charge in [0, 0.05) is 18.2 Å². The van der Waals surface area contributed by atoms with Gasteiger partial charge in [0.2, 0.25) is 0 Å². The highest BCUT2D eigenvalue weighted by Gasteiger charge is 2.35. The smallest absolute Gasteiger partial charge is 0.166 e. The number of hydrogen-bond donors (Lipinski definition) is 1. The largest absolute Gasteiger partial charge is 0.504 e. The summed E-state index contributed by atoms with van der Waals surface area (Å²) in [6.45, 7) is 1.05. The highest BCUT2D eigenvalue weighted by molar-refractivity contribution is 5.83. The van der Waals surface area contributed by atoms with E-state index in [1.807, 2.05) is 12.1 Å². The van der Waals surface area contributed by atoms with Gasteiger partial charge in [0.05, 0.1) is 7.11 Å². The number of benzene rings is 2. The Morgan fingerprint density at radius 3 is 2.86 bits per heavy atom. The molecule has 4 rings (SSSR count). The van der Waals surface area contributed by atoms with Crippen molar-refractivity contribution in [2.75, 3.05) is 20.7 Å². The van der Waals surface area contributed by atoms with Gasteiger partial charge in [0.15, 0.2) is 11.5 Å². The fourth-order valence-electron chi connectivity index (χ4n) is 3.81. The van der Waals surface area contributed by atoms with Crippen LogP contribution in [0.3, 0.4) is 0 Å². The number of fused-ring (bicyclic) bond motifs is 2. The first-order valence-corrected chi connectivity index (χ1v) is 7.42. The monoisotopic (exact) mass is 281 g/mol. The number of phenols is 1. The molecule has 1 aliphatic carbocycles. The Morgan fingerprint density at radius 2 is 2.05 bits per heavy atom. The molecule has 0 aromatic heterocycles. The van der Waals surface area contributed by atoms with E-state index in [1.165, 1.54) is 16.7 Å². The molecule has 0 saturated carbocycles. The van der Waals surface area contributed by atoms with E-state index in [4.69, 9.17) is 4.74 Å². The lowest BCUT2D eigenvalue weighted by Gasteiger charge is -2.40. The zero-order valence-corrected chi connectivity index (χ0v) is 12.4. The van der Waals surface area contributed by atoms with Crippen molar-refractivity contribution in [2.24, 2.45) is 0 Å². The van der Waals surface area contributed by atoms with Crippen LogP contribution in [-0.2, 0) is 12.8 Å². The summed E-state index contributed by atoms with van der Waals surface area (Å²) in [6.07, 6.45) is 2.02. The maximum atomic E-state index is 10.7. The molecule has 0 radical (unpaired) electrons. The van der Waals surface area contributed by atoms with E-state index in [1.54, 1.807) is 7.11 Å². The molecule has 21 heavy (non-hydrogen) atoms. The van der Waals surface area contributed by atoms with E-state index < -0.39 is 0 Å². The summed E-state index contributed by atoms with van der Waals surface area (Å²) in [5.41, 5.74) is 6.04. The van der Waals surface area contributed by atoms with Crippen LogP contribution in [0.25, 0.3) is 11.1 Å². The fourth-order valence-corrected chi connectivity index (χ4v) is 3.81. The topological polar surface area (TPSA) is 32.7 Å². The summed E-state index contributed by atoms with van der Waals surface area (Å²) in [7, 11) is 3.79. The van der Waals surface area contributed by atoms with E-state index in [0.29, 0.717) is 11.8 Å². The molecular formula is C18H19NO2. The Balaban J connectivity index is 2.08. The number of likely N-dealkylation sites (N-methyl/N-ethyl adjacent to an activating group) is 1. The van der Waals surface area contributed by atoms with Crippen LogP contribution < -0.4 is 4.74 Å². The Morgan fingerprint density at radius 1 is 1.24 bits per heavy atom. The van der Waals surface area contributed by atoms with Gasteiger partial charge in [0.25, 0.3) is 0 Å². The predicted octanol–water partition coefficient (Wildman–Crippen LogP) is 3.15. The molecule has 0 spiro atoms. The van der Waals surface area contributed by atoms with Gasteiger partial charge < -0.3 is 9.84 Å². The van der Waals surface area contributed by atoms with Crippen LogP contribution in [0.4, 0.5) is 0 Å². The van der Waals surface area contributed by atoms with Crippen molar-refractivity contribution >= 4 is 0 Å². The maximum absolute atomic E-state index is 10.7. The Bertz CT molecular complexity index is 723. The van der Waals surface area contributed by atoms with E-state index in [0.717, 1.165) is 30.5 Å². The van der Waals surface area contributed by atoms with Gasteiger partial charge in [-0.15, -0.1) is 0 Å². The van der Waals surface area contributed by atoms with Crippen molar-refractivity contribution in [2.45, 2.75) is 18.9 Å². The minimum atomic E-state index is 0.281. The van der Waals surface area contributed by atoms with E-state index in [-0.39, 0.29) is 5.75 Å². The highest BCUT2D eigenvalue weighted by Crippen LogP contribution is 2.51. The molecular weight excluding hydrogens is 262 g/mol. The SMILES string of the molecule is COc1cc2c3c(c1O)-c1ccccc1CC3N(C)CC2. The standard InChI is InChI=1S/C18H19NO2/c1-19-8-7-12-10-15(21-2)18(20)17-13-6-4-3-5-11(13)9-14(19)16(12)17/h3-6,10,14,20H,7-9H2,1-2H3. The molecule has 2 aromatic rings. The lowest BCUT2D eigenvalue weighted by molar-refractivity contribution is 0.227. The minimum Gasteiger partial charge on any atom is -0.504 e. The molecule has 1 atom stereocenters. The molecule has 0 saturated heterocycles. The van der Waals surface area contributed by atoms with Gasteiger partial charge in [-0.05, 0) is 48.2 Å². The van der Waals surface area contributed by atoms with Gasteiger partial charge in [-0.2, -0.15) is 0 Å². The summed E-state index contributed by atoms with van der Waals surface area (Å²) < 4.78 is 5.39. The molecule has 0 fully saturated rings. The van der Waals surface area contributed by atoms with Crippen molar-refractivity contribution in [1.29, 1.82) is 0 Å². The second-order valence-electron chi connectivity index (χ2n) is 5.98. The third-order valence-corrected chi connectivity index (χ3v) is 4.91. The normalized spacial score (nSPS) is 19.8. The van der Waals surface area contributed by atoms with E-state index >= 15 is 0 Å². The summed E-state index contributed by atoms with van der Waals surface area (Å²) in [6, 6.07) is 10.8. The first-order valence-electron chi connectivity index (χ1n) is 7.42. The number of methoxy groups -OCH3 is 1. The van der Waals surface area contributed by atoms with Crippen LogP contribution in [0.1, 0.15) is 22.7 Å². The number of nitrogens with zero attached hydrogens (tertiary/aromatic N) is 1. The molecule has 3 heteroatoms. The Kier molecular flexibility index (Phi) is 2.73. The first kappa shape index (κ1) is 12.7. The highest BCUT2D eigenvalue weighted by atomic mass is 16.5. The third kappa shape index (κ3) is 1.70. The predicted molar refractivity (Wildman–Crippen MR) is 82.9 cm³/mol. The van der Waals surface area contributed by atoms with Gasteiger partial charge in [0.1, 0.15) is 0 Å². The summed E-state index contributed by atoms with van der Waals surface area (Å²) in [4.78, 5) is 2.40. The van der Waals surface area contributed by atoms with Crippen LogP contribution in [0, 0.1) is 0 Å². The molecule has 0 bridgehead atoms. The molecule has 1 aliphatic heterocycles. The molecule has 1 heterocycles. The first-order chi connectivity index (χ1) is 10.2. The molecule has 2 aromatic carbocycles. The van der Waals surface area contributed by atoms with E-state index in [9.17, 15) is 5.11 Å². The molecule has 108 valence electrons. The number of hydrogen-bond acceptors (Lipinski definition) is 3. The number of phenolic OH excluding ortho intramolecular Hbond substituents is 1. The third-order valence-electron chi connectivity index (χ3n) is 4.91. The van der Waals surface area contributed by atoms with E-state index in [2.05, 4.69) is 30.1 Å². The zero-order valence-electron chi connectivity index (χ0n) is 12.4. The maximum Gasteiger partial charge on any atom is 0.166 e. The molecule has 1 unspecified atom stereocenters. The average molecular weight is 281 g/mol. The number of rotatable bonds is 1. The average Bonchev–Trinajstić information content (AvgIpc) is 2.52. The Labute approximate surface area is 124 Å². The van der Waals surface area contributed by atoms with Crippen LogP contribution in [0.5, 0.6) is 11.5 Å². The van der Waals surface area contributed by atoms with Gasteiger partial charge in [-0.25, -0.2) is 0 Å². The van der Waals surface area contributed by atoms with Crippen LogP contribution in [-0.4, -0.2) is 30.7 Å². The summed E-state index contributed by atoms with van der Waals surface area (Å²) >= 11 is 0. The number of aromatic hydroxyl groups is 1. The van der Waals surface area contributed by atoms with Crippen molar-refractivity contribution < 1.29 is 9.84 Å². The summed E-state index contributed by atoms with van der Waals surface area (Å²) in [5, 5.41) is 10.7. The molecule has 3 nitrogen and oxygen atoms in total. The van der Waals surface area contributed by atoms with Crippen molar-refractivity contribution in [3.63, 3.8) is 0 Å². The van der Waals surface area contributed by atoms with Crippen LogP contribution in [0.15, 0.2) is 30.3 Å². The second kappa shape index (κ2) is 4.50. The number of ether oxygens (including phenoxy) is 1. The zero-order chi connectivity index (χ0) is 14.6. The molecule has 1 N–H and O–H groups in total. The second-order valence-corrected chi connectivity index (χ2v) is 5.98. The van der Waals surface area contributed by atoms with Crippen molar-refractivity contribution in [3.8, 4) is 22.6 Å². The molecule has 0 amide bonds. The molecule has 2 aliphatic rings. The quantitative estimate of drug-likeness (QED) is 0.871. The lowest BCUT2D eigenvalue weighted by atomic mass is 9.76. The van der Waals surface area contributed by atoms with Crippen molar-refractivity contribution in [1.82, 2.24) is 4.90 Å². The van der Waals surface area contributed by atoms with Crippen molar-refractivity contribution in [3.05, 3.63) is 47.0 Å². The van der Waals surface area contributed by atoms with Gasteiger partial charge in [-0.1, -0.05) is 24.3 Å². The Hall–Kier alpha value is -2.00. The van der Waals surface area contributed by atoms with Gasteiger partial charge >= 0.3 is 0 Å². The van der Waals surface area contributed by atoms with Gasteiger partial charge in [-0.3, -0.25) is 4.90 Å². The fraction of sp³-hybridized carbons (Fsp3) is 0.333.